The summed E-state index contributed by atoms with van der Waals surface area (Å²) in [6, 6.07) is 9.28. The number of nitrogens with zero attached hydrogens (tertiary/aromatic N) is 2. The first-order valence-corrected chi connectivity index (χ1v) is 7.23. The quantitative estimate of drug-likeness (QED) is 0.839. The molecule has 1 atom stereocenters. The Bertz CT molecular complexity index is 498. The first-order valence-electron chi connectivity index (χ1n) is 7.23. The highest BCUT2D eigenvalue weighted by atomic mass is 16.3. The van der Waals surface area contributed by atoms with Crippen molar-refractivity contribution in [1.82, 2.24) is 5.01 Å². The lowest BCUT2D eigenvalue weighted by atomic mass is 9.95. The Hall–Kier alpha value is -1.68. The third kappa shape index (κ3) is 2.90. The first-order chi connectivity index (χ1) is 9.58. The van der Waals surface area contributed by atoms with E-state index >= 15 is 0 Å². The van der Waals surface area contributed by atoms with E-state index in [1.54, 1.807) is 0 Å². The van der Waals surface area contributed by atoms with Gasteiger partial charge in [0.2, 0.25) is 5.91 Å². The van der Waals surface area contributed by atoms with Crippen molar-refractivity contribution in [1.29, 1.82) is 0 Å². The second-order valence-electron chi connectivity index (χ2n) is 5.31. The van der Waals surface area contributed by atoms with Crippen LogP contribution in [0.2, 0.25) is 0 Å². The molecule has 0 aromatic heterocycles. The summed E-state index contributed by atoms with van der Waals surface area (Å²) in [7, 11) is 0. The van der Waals surface area contributed by atoms with Crippen LogP contribution < -0.4 is 0 Å². The average molecular weight is 274 g/mol. The normalized spacial score (nSPS) is 21.9. The van der Waals surface area contributed by atoms with Crippen LogP contribution in [0.15, 0.2) is 35.4 Å². The molecule has 1 aliphatic rings. The Labute approximate surface area is 120 Å². The largest absolute Gasteiger partial charge is 0.365 e. The Balaban J connectivity index is 2.20. The van der Waals surface area contributed by atoms with Crippen molar-refractivity contribution in [2.24, 2.45) is 5.10 Å². The van der Waals surface area contributed by atoms with Gasteiger partial charge in [0.15, 0.2) is 5.72 Å². The van der Waals surface area contributed by atoms with Crippen molar-refractivity contribution in [3.05, 3.63) is 35.9 Å². The van der Waals surface area contributed by atoms with Gasteiger partial charge in [-0.05, 0) is 12.8 Å². The number of carbonyl (C=O) groups is 1. The summed E-state index contributed by atoms with van der Waals surface area (Å²) in [5, 5.41) is 16.5. The van der Waals surface area contributed by atoms with Crippen LogP contribution in [0.5, 0.6) is 0 Å². The van der Waals surface area contributed by atoms with Crippen LogP contribution in [-0.4, -0.2) is 21.7 Å². The summed E-state index contributed by atoms with van der Waals surface area (Å²) in [6.07, 6.45) is 4.58. The van der Waals surface area contributed by atoms with Crippen LogP contribution in [0.1, 0.15) is 51.5 Å². The molecule has 0 radical (unpaired) electrons. The number of aliphatic hydroxyl groups is 1. The monoisotopic (exact) mass is 274 g/mol. The van der Waals surface area contributed by atoms with E-state index in [0.29, 0.717) is 12.0 Å². The van der Waals surface area contributed by atoms with Gasteiger partial charge in [-0.3, -0.25) is 4.79 Å². The van der Waals surface area contributed by atoms with Crippen molar-refractivity contribution >= 4 is 11.6 Å². The summed E-state index contributed by atoms with van der Waals surface area (Å²) in [5.74, 6) is -0.234. The number of rotatable bonds is 5. The fraction of sp³-hybridized carbons (Fsp3) is 0.500. The Kier molecular flexibility index (Phi) is 4.55. The van der Waals surface area contributed by atoms with E-state index in [-0.39, 0.29) is 5.91 Å². The predicted octanol–water partition coefficient (Wildman–Crippen LogP) is 3.02. The van der Waals surface area contributed by atoms with Crippen LogP contribution in [0, 0.1) is 0 Å². The first kappa shape index (κ1) is 14.7. The molecule has 0 saturated heterocycles. The molecule has 20 heavy (non-hydrogen) atoms. The van der Waals surface area contributed by atoms with Gasteiger partial charge >= 0.3 is 0 Å². The SMILES string of the molecule is CCCCCC1=NN(C(C)=O)C(O)(c2ccccc2)C1. The molecule has 1 unspecified atom stereocenters. The fourth-order valence-corrected chi connectivity index (χ4v) is 2.60. The summed E-state index contributed by atoms with van der Waals surface area (Å²) >= 11 is 0. The smallest absolute Gasteiger partial charge is 0.242 e. The Morgan fingerprint density at radius 2 is 2.05 bits per heavy atom. The zero-order valence-corrected chi connectivity index (χ0v) is 12.2. The molecule has 0 bridgehead atoms. The van der Waals surface area contributed by atoms with Gasteiger partial charge in [0.05, 0.1) is 0 Å². The van der Waals surface area contributed by atoms with Crippen LogP contribution in [0.4, 0.5) is 0 Å². The molecular formula is C16H22N2O2. The molecule has 1 aromatic carbocycles. The minimum atomic E-state index is -1.32. The van der Waals surface area contributed by atoms with E-state index in [0.717, 1.165) is 31.4 Å². The third-order valence-corrected chi connectivity index (χ3v) is 3.65. The summed E-state index contributed by atoms with van der Waals surface area (Å²) in [6.45, 7) is 3.59. The van der Waals surface area contributed by atoms with E-state index in [1.807, 2.05) is 30.3 Å². The van der Waals surface area contributed by atoms with E-state index in [2.05, 4.69) is 12.0 Å². The standard InChI is InChI=1S/C16H22N2O2/c1-3-4-6-11-15-12-16(20,18(17-15)13(2)19)14-9-7-5-8-10-14/h5,7-10,20H,3-4,6,11-12H2,1-2H3. The van der Waals surface area contributed by atoms with E-state index in [9.17, 15) is 9.90 Å². The lowest BCUT2D eigenvalue weighted by Gasteiger charge is -2.30. The highest BCUT2D eigenvalue weighted by Gasteiger charge is 2.44. The predicted molar refractivity (Wildman–Crippen MR) is 79.1 cm³/mol. The minimum absolute atomic E-state index is 0.234. The zero-order valence-electron chi connectivity index (χ0n) is 12.2. The molecule has 1 aromatic rings. The molecule has 1 amide bonds. The van der Waals surface area contributed by atoms with Gasteiger partial charge in [-0.1, -0.05) is 50.1 Å². The average Bonchev–Trinajstić information content (AvgIpc) is 2.79. The molecule has 4 nitrogen and oxygen atoms in total. The van der Waals surface area contributed by atoms with E-state index in [1.165, 1.54) is 11.9 Å². The second kappa shape index (κ2) is 6.18. The van der Waals surface area contributed by atoms with Gasteiger partial charge in [-0.15, -0.1) is 0 Å². The van der Waals surface area contributed by atoms with Gasteiger partial charge in [0.25, 0.3) is 0 Å². The number of hydrogen-bond acceptors (Lipinski definition) is 3. The summed E-state index contributed by atoms with van der Waals surface area (Å²) in [4.78, 5) is 11.8. The lowest BCUT2D eigenvalue weighted by molar-refractivity contribution is -0.155. The zero-order chi connectivity index (χ0) is 14.6. The maximum atomic E-state index is 11.8. The molecule has 0 aliphatic carbocycles. The highest BCUT2D eigenvalue weighted by Crippen LogP contribution is 2.36. The molecule has 0 fully saturated rings. The maximum absolute atomic E-state index is 11.8. The number of unbranched alkanes of at least 4 members (excludes halogenated alkanes) is 2. The summed E-state index contributed by atoms with van der Waals surface area (Å²) in [5.41, 5.74) is 0.290. The van der Waals surface area contributed by atoms with Crippen molar-refractivity contribution in [2.75, 3.05) is 0 Å². The second-order valence-corrected chi connectivity index (χ2v) is 5.31. The molecule has 1 aliphatic heterocycles. The maximum Gasteiger partial charge on any atom is 0.242 e. The molecule has 0 spiro atoms. The Morgan fingerprint density at radius 3 is 2.65 bits per heavy atom. The van der Waals surface area contributed by atoms with Crippen LogP contribution >= 0.6 is 0 Å². The topological polar surface area (TPSA) is 52.9 Å². The molecular weight excluding hydrogens is 252 g/mol. The van der Waals surface area contributed by atoms with Gasteiger partial charge < -0.3 is 5.11 Å². The lowest BCUT2D eigenvalue weighted by Crippen LogP contribution is -2.42. The number of benzene rings is 1. The molecule has 1 N–H and O–H groups in total. The number of hydrogen-bond donors (Lipinski definition) is 1. The van der Waals surface area contributed by atoms with Crippen molar-refractivity contribution < 1.29 is 9.90 Å². The van der Waals surface area contributed by atoms with Crippen molar-refractivity contribution in [2.45, 2.75) is 51.7 Å². The minimum Gasteiger partial charge on any atom is -0.365 e. The molecule has 0 saturated carbocycles. The number of carbonyl (C=O) groups excluding carboxylic acids is 1. The van der Waals surface area contributed by atoms with Gasteiger partial charge in [0.1, 0.15) is 0 Å². The van der Waals surface area contributed by atoms with Crippen molar-refractivity contribution in [3.8, 4) is 0 Å². The van der Waals surface area contributed by atoms with Gasteiger partial charge in [-0.2, -0.15) is 10.1 Å². The van der Waals surface area contributed by atoms with Gasteiger partial charge in [-0.25, -0.2) is 0 Å². The van der Waals surface area contributed by atoms with E-state index < -0.39 is 5.72 Å². The van der Waals surface area contributed by atoms with Crippen LogP contribution in [0.3, 0.4) is 0 Å². The molecule has 2 rings (SSSR count). The number of amides is 1. The van der Waals surface area contributed by atoms with Gasteiger partial charge in [0, 0.05) is 24.6 Å². The van der Waals surface area contributed by atoms with Crippen molar-refractivity contribution in [3.63, 3.8) is 0 Å². The molecule has 1 heterocycles. The van der Waals surface area contributed by atoms with E-state index in [4.69, 9.17) is 0 Å². The Morgan fingerprint density at radius 1 is 1.35 bits per heavy atom. The fourth-order valence-electron chi connectivity index (χ4n) is 2.60. The summed E-state index contributed by atoms with van der Waals surface area (Å²) < 4.78 is 0. The third-order valence-electron chi connectivity index (χ3n) is 3.65. The van der Waals surface area contributed by atoms with Crippen LogP contribution in [-0.2, 0) is 10.5 Å². The molecule has 108 valence electrons. The molecule has 4 heteroatoms. The van der Waals surface area contributed by atoms with Crippen LogP contribution in [0.25, 0.3) is 0 Å². The number of hydrazone groups is 1. The highest BCUT2D eigenvalue weighted by molar-refractivity contribution is 5.90.